The fraction of sp³-hybridized carbons (Fsp3) is 0.160. The van der Waals surface area contributed by atoms with Crippen molar-refractivity contribution < 1.29 is 9.47 Å². The van der Waals surface area contributed by atoms with E-state index in [1.807, 2.05) is 47.1 Å². The summed E-state index contributed by atoms with van der Waals surface area (Å²) >= 11 is 3.83. The molecule has 0 fully saturated rings. The normalized spacial score (nSPS) is 10.8. The average molecular weight is 463 g/mol. The molecule has 0 aliphatic rings. The molecular formula is C25H23BrN2O2. The molecule has 1 aromatic heterocycles. The van der Waals surface area contributed by atoms with Gasteiger partial charge in [-0.25, -0.2) is 0 Å². The lowest BCUT2D eigenvalue weighted by Crippen LogP contribution is -2.04. The van der Waals surface area contributed by atoms with E-state index < -0.39 is 0 Å². The van der Waals surface area contributed by atoms with Gasteiger partial charge in [-0.15, -0.1) is 0 Å². The van der Waals surface area contributed by atoms with Crippen LogP contribution in [0.3, 0.4) is 0 Å². The number of aromatic nitrogens is 2. The number of benzene rings is 3. The van der Waals surface area contributed by atoms with Crippen molar-refractivity contribution in [3.63, 3.8) is 0 Å². The maximum atomic E-state index is 5.45. The molecule has 3 aromatic carbocycles. The monoisotopic (exact) mass is 462 g/mol. The van der Waals surface area contributed by atoms with Gasteiger partial charge in [-0.05, 0) is 52.7 Å². The van der Waals surface area contributed by atoms with Crippen LogP contribution < -0.4 is 9.47 Å². The lowest BCUT2D eigenvalue weighted by atomic mass is 10.1. The van der Waals surface area contributed by atoms with Crippen LogP contribution in [0.15, 0.2) is 77.3 Å². The van der Waals surface area contributed by atoms with Crippen molar-refractivity contribution in [2.24, 2.45) is 0 Å². The molecule has 4 rings (SSSR count). The summed E-state index contributed by atoms with van der Waals surface area (Å²) in [4.78, 5) is 0. The zero-order valence-electron chi connectivity index (χ0n) is 17.2. The van der Waals surface area contributed by atoms with E-state index in [1.165, 1.54) is 11.1 Å². The minimum Gasteiger partial charge on any atom is -0.497 e. The third-order valence-electron chi connectivity index (χ3n) is 5.00. The SMILES string of the molecule is COc1cccc(-c2nn(Cc3cccc(C)c3)c(-c3cccc(OC)c3)c2Br)c1. The Morgan fingerprint density at radius 2 is 1.47 bits per heavy atom. The first kappa shape index (κ1) is 20.2. The quantitative estimate of drug-likeness (QED) is 0.334. The molecule has 0 spiro atoms. The highest BCUT2D eigenvalue weighted by atomic mass is 79.9. The molecular weight excluding hydrogens is 440 g/mol. The zero-order valence-corrected chi connectivity index (χ0v) is 18.8. The second-order valence-corrected chi connectivity index (χ2v) is 7.91. The van der Waals surface area contributed by atoms with E-state index in [4.69, 9.17) is 14.6 Å². The van der Waals surface area contributed by atoms with Gasteiger partial charge in [-0.1, -0.05) is 54.1 Å². The Morgan fingerprint density at radius 3 is 2.13 bits per heavy atom. The molecule has 0 radical (unpaired) electrons. The minimum absolute atomic E-state index is 0.663. The van der Waals surface area contributed by atoms with Crippen molar-refractivity contribution in [2.75, 3.05) is 14.2 Å². The number of halogens is 1. The highest BCUT2D eigenvalue weighted by Gasteiger charge is 2.20. The van der Waals surface area contributed by atoms with Crippen LogP contribution in [0.5, 0.6) is 11.5 Å². The second-order valence-electron chi connectivity index (χ2n) is 7.12. The van der Waals surface area contributed by atoms with Crippen molar-refractivity contribution in [3.8, 4) is 34.0 Å². The third-order valence-corrected chi connectivity index (χ3v) is 5.75. The van der Waals surface area contributed by atoms with Crippen LogP contribution in [0.2, 0.25) is 0 Å². The summed E-state index contributed by atoms with van der Waals surface area (Å²) in [5.74, 6) is 1.61. The van der Waals surface area contributed by atoms with E-state index in [0.29, 0.717) is 6.54 Å². The minimum atomic E-state index is 0.663. The largest absolute Gasteiger partial charge is 0.497 e. The summed E-state index contributed by atoms with van der Waals surface area (Å²) in [6.07, 6.45) is 0. The van der Waals surface area contributed by atoms with Crippen LogP contribution in [-0.4, -0.2) is 24.0 Å². The topological polar surface area (TPSA) is 36.3 Å². The Balaban J connectivity index is 1.88. The van der Waals surface area contributed by atoms with Gasteiger partial charge < -0.3 is 9.47 Å². The van der Waals surface area contributed by atoms with Crippen molar-refractivity contribution in [1.29, 1.82) is 0 Å². The first-order valence-corrected chi connectivity index (χ1v) is 10.5. The molecule has 0 atom stereocenters. The maximum absolute atomic E-state index is 5.45. The highest BCUT2D eigenvalue weighted by molar-refractivity contribution is 9.10. The molecule has 0 bridgehead atoms. The zero-order chi connectivity index (χ0) is 21.1. The smallest absolute Gasteiger partial charge is 0.119 e. The Morgan fingerprint density at radius 1 is 0.833 bits per heavy atom. The van der Waals surface area contributed by atoms with Crippen molar-refractivity contribution in [3.05, 3.63) is 88.4 Å². The lowest BCUT2D eigenvalue weighted by molar-refractivity contribution is 0.415. The number of methoxy groups -OCH3 is 2. The molecule has 0 saturated heterocycles. The number of rotatable bonds is 6. The number of hydrogen-bond donors (Lipinski definition) is 0. The first-order chi connectivity index (χ1) is 14.6. The summed E-state index contributed by atoms with van der Waals surface area (Å²) in [5, 5.41) is 4.99. The van der Waals surface area contributed by atoms with Gasteiger partial charge in [0, 0.05) is 11.1 Å². The van der Waals surface area contributed by atoms with Gasteiger partial charge in [-0.2, -0.15) is 5.10 Å². The molecule has 0 aliphatic carbocycles. The summed E-state index contributed by atoms with van der Waals surface area (Å²) in [6, 6.07) is 24.5. The molecule has 1 heterocycles. The molecule has 30 heavy (non-hydrogen) atoms. The van der Waals surface area contributed by atoms with Gasteiger partial charge in [-0.3, -0.25) is 4.68 Å². The summed E-state index contributed by atoms with van der Waals surface area (Å²) < 4.78 is 13.8. The predicted molar refractivity (Wildman–Crippen MR) is 124 cm³/mol. The standard InChI is InChI=1S/C25H23BrN2O2/c1-17-7-4-8-18(13-17)16-28-25(20-10-6-12-22(15-20)30-3)23(26)24(27-28)19-9-5-11-21(14-19)29-2/h4-15H,16H2,1-3H3. The molecule has 4 aromatic rings. The highest BCUT2D eigenvalue weighted by Crippen LogP contribution is 2.38. The van der Waals surface area contributed by atoms with Gasteiger partial charge in [0.15, 0.2) is 0 Å². The molecule has 0 N–H and O–H groups in total. The van der Waals surface area contributed by atoms with Crippen LogP contribution in [0.4, 0.5) is 0 Å². The van der Waals surface area contributed by atoms with Crippen LogP contribution in [0.25, 0.3) is 22.5 Å². The molecule has 5 heteroatoms. The molecule has 4 nitrogen and oxygen atoms in total. The van der Waals surface area contributed by atoms with Crippen molar-refractivity contribution in [2.45, 2.75) is 13.5 Å². The Labute approximate surface area is 185 Å². The summed E-state index contributed by atoms with van der Waals surface area (Å²) in [5.41, 5.74) is 6.34. The van der Waals surface area contributed by atoms with Gasteiger partial charge in [0.1, 0.15) is 17.2 Å². The Kier molecular flexibility index (Phi) is 5.91. The van der Waals surface area contributed by atoms with Crippen LogP contribution in [-0.2, 0) is 6.54 Å². The Hall–Kier alpha value is -3.05. The molecule has 0 saturated carbocycles. The molecule has 0 aliphatic heterocycles. The van der Waals surface area contributed by atoms with Crippen LogP contribution in [0.1, 0.15) is 11.1 Å². The van der Waals surface area contributed by atoms with Crippen molar-refractivity contribution >= 4 is 15.9 Å². The number of nitrogens with zero attached hydrogens (tertiary/aromatic N) is 2. The lowest BCUT2D eigenvalue weighted by Gasteiger charge is -2.10. The van der Waals surface area contributed by atoms with Gasteiger partial charge in [0.2, 0.25) is 0 Å². The number of aryl methyl sites for hydroxylation is 1. The van der Waals surface area contributed by atoms with Gasteiger partial charge >= 0.3 is 0 Å². The van der Waals surface area contributed by atoms with E-state index in [0.717, 1.165) is 38.5 Å². The number of ether oxygens (including phenoxy) is 2. The fourth-order valence-corrected chi connectivity index (χ4v) is 4.28. The van der Waals surface area contributed by atoms with Gasteiger partial charge in [0.05, 0.1) is 30.9 Å². The summed E-state index contributed by atoms with van der Waals surface area (Å²) in [7, 11) is 3.35. The van der Waals surface area contributed by atoms with E-state index in [2.05, 4.69) is 53.2 Å². The van der Waals surface area contributed by atoms with Crippen LogP contribution in [0, 0.1) is 6.92 Å². The molecule has 0 unspecified atom stereocenters. The number of hydrogen-bond acceptors (Lipinski definition) is 3. The predicted octanol–water partition coefficient (Wildman–Crippen LogP) is 6.35. The second kappa shape index (κ2) is 8.76. The molecule has 0 amide bonds. The fourth-order valence-electron chi connectivity index (χ4n) is 3.54. The van der Waals surface area contributed by atoms with Crippen LogP contribution >= 0.6 is 15.9 Å². The van der Waals surface area contributed by atoms with E-state index in [-0.39, 0.29) is 0 Å². The third kappa shape index (κ3) is 4.12. The van der Waals surface area contributed by atoms with Gasteiger partial charge in [0.25, 0.3) is 0 Å². The average Bonchev–Trinajstić information content (AvgIpc) is 3.09. The maximum Gasteiger partial charge on any atom is 0.119 e. The van der Waals surface area contributed by atoms with E-state index >= 15 is 0 Å². The summed E-state index contributed by atoms with van der Waals surface area (Å²) in [6.45, 7) is 2.77. The van der Waals surface area contributed by atoms with E-state index in [1.54, 1.807) is 14.2 Å². The van der Waals surface area contributed by atoms with E-state index in [9.17, 15) is 0 Å². The first-order valence-electron chi connectivity index (χ1n) is 9.69. The van der Waals surface area contributed by atoms with Crippen molar-refractivity contribution in [1.82, 2.24) is 9.78 Å². The molecule has 152 valence electrons. The Bertz CT molecular complexity index is 1180.